The van der Waals surface area contributed by atoms with E-state index < -0.39 is 0 Å². The Balaban J connectivity index is 2.62. The van der Waals surface area contributed by atoms with Crippen molar-refractivity contribution >= 4 is 28.3 Å². The molecule has 0 amide bonds. The monoisotopic (exact) mass is 277 g/mol. The van der Waals surface area contributed by atoms with E-state index in [4.69, 9.17) is 22.3 Å². The molecular weight excluding hydrogens is 258 g/mol. The molecule has 1 heterocycles. The summed E-state index contributed by atoms with van der Waals surface area (Å²) in [6.45, 7) is 2.74. The second-order valence-electron chi connectivity index (χ2n) is 5.05. The van der Waals surface area contributed by atoms with Crippen LogP contribution in [0.1, 0.15) is 17.5 Å². The first-order valence-corrected chi connectivity index (χ1v) is 6.88. The van der Waals surface area contributed by atoms with Gasteiger partial charge >= 0.3 is 0 Å². The topological polar surface area (TPSA) is 42.1 Å². The van der Waals surface area contributed by atoms with Crippen LogP contribution in [0, 0.1) is 6.92 Å². The lowest BCUT2D eigenvalue weighted by molar-refractivity contribution is 0.826. The van der Waals surface area contributed by atoms with Crippen LogP contribution in [0.4, 0.5) is 5.82 Å². The minimum atomic E-state index is 0.694. The highest BCUT2D eigenvalue weighted by molar-refractivity contribution is 6.31. The molecular formula is C15H20ClN3. The van der Waals surface area contributed by atoms with Gasteiger partial charge in [0.2, 0.25) is 0 Å². The number of pyridine rings is 1. The number of hydrogen-bond donors (Lipinski definition) is 1. The van der Waals surface area contributed by atoms with Gasteiger partial charge in [-0.2, -0.15) is 0 Å². The first kappa shape index (κ1) is 14.1. The number of anilines is 1. The summed E-state index contributed by atoms with van der Waals surface area (Å²) in [5.41, 5.74) is 8.96. The van der Waals surface area contributed by atoms with Crippen molar-refractivity contribution < 1.29 is 0 Å². The summed E-state index contributed by atoms with van der Waals surface area (Å²) < 4.78 is 0. The standard InChI is InChI=1S/C15H20ClN3/c1-10-7-13(16)9-12-8-11(5-4-6-17)15(19(2)3)18-14(10)12/h7-9H,4-6,17H2,1-3H3. The van der Waals surface area contributed by atoms with Gasteiger partial charge in [0.25, 0.3) is 0 Å². The summed E-state index contributed by atoms with van der Waals surface area (Å²) in [5.74, 6) is 1.02. The number of benzene rings is 1. The van der Waals surface area contributed by atoms with Crippen molar-refractivity contribution in [2.45, 2.75) is 19.8 Å². The molecule has 0 aliphatic carbocycles. The molecule has 19 heavy (non-hydrogen) atoms. The van der Waals surface area contributed by atoms with Crippen LogP contribution < -0.4 is 10.6 Å². The van der Waals surface area contributed by atoms with E-state index in [1.54, 1.807) is 0 Å². The van der Waals surface area contributed by atoms with Crippen LogP contribution in [0.5, 0.6) is 0 Å². The van der Waals surface area contributed by atoms with Gasteiger partial charge in [0, 0.05) is 24.5 Å². The summed E-state index contributed by atoms with van der Waals surface area (Å²) >= 11 is 6.12. The largest absolute Gasteiger partial charge is 0.362 e. The Morgan fingerprint density at radius 3 is 2.63 bits per heavy atom. The summed E-state index contributed by atoms with van der Waals surface area (Å²) in [6, 6.07) is 6.12. The van der Waals surface area contributed by atoms with Crippen molar-refractivity contribution in [3.63, 3.8) is 0 Å². The van der Waals surface area contributed by atoms with E-state index in [0.717, 1.165) is 40.1 Å². The normalized spacial score (nSPS) is 11.0. The number of rotatable bonds is 4. The van der Waals surface area contributed by atoms with E-state index in [9.17, 15) is 0 Å². The number of aryl methyl sites for hydroxylation is 2. The van der Waals surface area contributed by atoms with Gasteiger partial charge in [-0.1, -0.05) is 11.6 Å². The molecule has 2 aromatic rings. The van der Waals surface area contributed by atoms with Gasteiger partial charge in [0.15, 0.2) is 0 Å². The van der Waals surface area contributed by atoms with Gasteiger partial charge in [-0.15, -0.1) is 0 Å². The molecule has 3 nitrogen and oxygen atoms in total. The third-order valence-electron chi connectivity index (χ3n) is 3.20. The molecule has 0 unspecified atom stereocenters. The summed E-state index contributed by atoms with van der Waals surface area (Å²) in [7, 11) is 4.04. The fourth-order valence-corrected chi connectivity index (χ4v) is 2.60. The number of aromatic nitrogens is 1. The Kier molecular flexibility index (Phi) is 4.27. The van der Waals surface area contributed by atoms with Gasteiger partial charge in [0.1, 0.15) is 5.82 Å². The number of nitrogens with zero attached hydrogens (tertiary/aromatic N) is 2. The Morgan fingerprint density at radius 1 is 1.26 bits per heavy atom. The second kappa shape index (κ2) is 5.76. The van der Waals surface area contributed by atoms with E-state index in [1.165, 1.54) is 5.56 Å². The van der Waals surface area contributed by atoms with Crippen LogP contribution in [-0.4, -0.2) is 25.6 Å². The maximum Gasteiger partial charge on any atom is 0.131 e. The summed E-state index contributed by atoms with van der Waals surface area (Å²) in [4.78, 5) is 6.85. The highest BCUT2D eigenvalue weighted by Gasteiger charge is 2.10. The zero-order chi connectivity index (χ0) is 14.0. The highest BCUT2D eigenvalue weighted by Crippen LogP contribution is 2.28. The Hall–Kier alpha value is -1.32. The lowest BCUT2D eigenvalue weighted by Crippen LogP contribution is -2.14. The molecule has 4 heteroatoms. The van der Waals surface area contributed by atoms with Crippen molar-refractivity contribution in [3.8, 4) is 0 Å². The average Bonchev–Trinajstić information content (AvgIpc) is 2.34. The van der Waals surface area contributed by atoms with E-state index in [2.05, 4.69) is 11.0 Å². The maximum atomic E-state index is 6.12. The lowest BCUT2D eigenvalue weighted by atomic mass is 10.0. The first-order chi connectivity index (χ1) is 9.02. The van der Waals surface area contributed by atoms with Crippen molar-refractivity contribution in [3.05, 3.63) is 34.3 Å². The SMILES string of the molecule is Cc1cc(Cl)cc2cc(CCCN)c(N(C)C)nc12. The molecule has 0 aliphatic rings. The summed E-state index contributed by atoms with van der Waals surface area (Å²) in [5, 5.41) is 1.86. The maximum absolute atomic E-state index is 6.12. The minimum absolute atomic E-state index is 0.694. The molecule has 0 radical (unpaired) electrons. The quantitative estimate of drug-likeness (QED) is 0.933. The zero-order valence-corrected chi connectivity index (χ0v) is 12.5. The molecule has 0 aliphatic heterocycles. The first-order valence-electron chi connectivity index (χ1n) is 6.50. The average molecular weight is 278 g/mol. The lowest BCUT2D eigenvalue weighted by Gasteiger charge is -2.18. The van der Waals surface area contributed by atoms with Crippen molar-refractivity contribution in [2.24, 2.45) is 5.73 Å². The number of nitrogens with two attached hydrogens (primary N) is 1. The number of fused-ring (bicyclic) bond motifs is 1. The van der Waals surface area contributed by atoms with Crippen LogP contribution in [0.25, 0.3) is 10.9 Å². The predicted octanol–water partition coefficient (Wildman–Crippen LogP) is 3.15. The third-order valence-corrected chi connectivity index (χ3v) is 3.42. The van der Waals surface area contributed by atoms with Gasteiger partial charge in [-0.25, -0.2) is 4.98 Å². The van der Waals surface area contributed by atoms with Crippen molar-refractivity contribution in [1.82, 2.24) is 4.98 Å². The van der Waals surface area contributed by atoms with Gasteiger partial charge in [-0.05, 0) is 55.6 Å². The van der Waals surface area contributed by atoms with E-state index >= 15 is 0 Å². The van der Waals surface area contributed by atoms with Crippen LogP contribution in [0.3, 0.4) is 0 Å². The fourth-order valence-electron chi connectivity index (χ4n) is 2.32. The summed E-state index contributed by atoms with van der Waals surface area (Å²) in [6.07, 6.45) is 1.91. The van der Waals surface area contributed by atoms with Gasteiger partial charge in [-0.3, -0.25) is 0 Å². The van der Waals surface area contributed by atoms with Crippen LogP contribution in [-0.2, 0) is 6.42 Å². The highest BCUT2D eigenvalue weighted by atomic mass is 35.5. The molecule has 0 fully saturated rings. The van der Waals surface area contributed by atoms with Crippen LogP contribution >= 0.6 is 11.6 Å². The molecule has 0 atom stereocenters. The molecule has 0 bridgehead atoms. The Morgan fingerprint density at radius 2 is 2.00 bits per heavy atom. The molecule has 102 valence electrons. The molecule has 0 saturated carbocycles. The Labute approximate surface area is 119 Å². The zero-order valence-electron chi connectivity index (χ0n) is 11.7. The predicted molar refractivity (Wildman–Crippen MR) is 83.2 cm³/mol. The van der Waals surface area contributed by atoms with Gasteiger partial charge < -0.3 is 10.6 Å². The van der Waals surface area contributed by atoms with Crippen molar-refractivity contribution in [1.29, 1.82) is 0 Å². The van der Waals surface area contributed by atoms with Crippen LogP contribution in [0.2, 0.25) is 5.02 Å². The molecule has 1 aromatic heterocycles. The molecule has 1 aromatic carbocycles. The minimum Gasteiger partial charge on any atom is -0.362 e. The third kappa shape index (κ3) is 2.99. The smallest absolute Gasteiger partial charge is 0.131 e. The van der Waals surface area contributed by atoms with E-state index in [-0.39, 0.29) is 0 Å². The van der Waals surface area contributed by atoms with E-state index in [0.29, 0.717) is 6.54 Å². The molecule has 0 spiro atoms. The second-order valence-corrected chi connectivity index (χ2v) is 5.49. The molecule has 2 N–H and O–H groups in total. The Bertz CT molecular complexity index is 593. The molecule has 0 saturated heterocycles. The number of halogens is 1. The molecule has 2 rings (SSSR count). The van der Waals surface area contributed by atoms with Crippen molar-refractivity contribution in [2.75, 3.05) is 25.5 Å². The van der Waals surface area contributed by atoms with Crippen LogP contribution in [0.15, 0.2) is 18.2 Å². The van der Waals surface area contributed by atoms with E-state index in [1.807, 2.05) is 33.2 Å². The fraction of sp³-hybridized carbons (Fsp3) is 0.400. The number of hydrogen-bond acceptors (Lipinski definition) is 3. The van der Waals surface area contributed by atoms with Gasteiger partial charge in [0.05, 0.1) is 5.52 Å².